The summed E-state index contributed by atoms with van der Waals surface area (Å²) in [5.41, 5.74) is 5.09. The predicted octanol–water partition coefficient (Wildman–Crippen LogP) is 5.22. The molecule has 1 unspecified atom stereocenters. The van der Waals surface area contributed by atoms with Gasteiger partial charge in [0.05, 0.1) is 0 Å². The Morgan fingerprint density at radius 1 is 0.957 bits per heavy atom. The summed E-state index contributed by atoms with van der Waals surface area (Å²) < 4.78 is 6.21. The van der Waals surface area contributed by atoms with E-state index < -0.39 is 0 Å². The molecule has 0 spiro atoms. The molecule has 2 nitrogen and oxygen atoms in total. The molecule has 0 aromatic heterocycles. The lowest BCUT2D eigenvalue weighted by molar-refractivity contribution is 0.200. The van der Waals surface area contributed by atoms with Crippen LogP contribution in [0.25, 0.3) is 10.8 Å². The maximum absolute atomic E-state index is 6.21. The van der Waals surface area contributed by atoms with Crippen LogP contribution in [-0.4, -0.2) is 6.23 Å². The van der Waals surface area contributed by atoms with Crippen LogP contribution in [0.1, 0.15) is 23.1 Å². The van der Waals surface area contributed by atoms with Crippen molar-refractivity contribution in [2.75, 3.05) is 5.32 Å². The zero-order chi connectivity index (χ0) is 15.8. The molecule has 1 aliphatic heterocycles. The highest BCUT2D eigenvalue weighted by Gasteiger charge is 2.20. The summed E-state index contributed by atoms with van der Waals surface area (Å²) in [4.78, 5) is 0. The van der Waals surface area contributed by atoms with Crippen LogP contribution in [0, 0.1) is 13.8 Å². The van der Waals surface area contributed by atoms with E-state index in [-0.39, 0.29) is 6.23 Å². The average Bonchev–Trinajstić information content (AvgIpc) is 2.57. The fourth-order valence-electron chi connectivity index (χ4n) is 3.28. The minimum Gasteiger partial charge on any atom is -0.470 e. The Kier molecular flexibility index (Phi) is 3.45. The molecule has 1 N–H and O–H groups in total. The summed E-state index contributed by atoms with van der Waals surface area (Å²) in [7, 11) is 0. The Labute approximate surface area is 137 Å². The lowest BCUT2D eigenvalue weighted by Crippen LogP contribution is -2.30. The van der Waals surface area contributed by atoms with Crippen molar-refractivity contribution in [1.29, 1.82) is 0 Å². The Morgan fingerprint density at radius 2 is 1.74 bits per heavy atom. The van der Waals surface area contributed by atoms with Crippen LogP contribution in [0.3, 0.4) is 0 Å². The van der Waals surface area contributed by atoms with Gasteiger partial charge in [-0.25, -0.2) is 0 Å². The maximum Gasteiger partial charge on any atom is 0.170 e. The van der Waals surface area contributed by atoms with E-state index >= 15 is 0 Å². The first-order valence-corrected chi connectivity index (χ1v) is 8.22. The quantitative estimate of drug-likeness (QED) is 0.701. The summed E-state index contributed by atoms with van der Waals surface area (Å²) in [6, 6.07) is 19.2. The summed E-state index contributed by atoms with van der Waals surface area (Å²) >= 11 is 0. The van der Waals surface area contributed by atoms with Crippen molar-refractivity contribution >= 4 is 16.5 Å². The Morgan fingerprint density at radius 3 is 2.65 bits per heavy atom. The summed E-state index contributed by atoms with van der Waals surface area (Å²) in [6.07, 6.45) is 2.06. The van der Waals surface area contributed by atoms with Crippen LogP contribution < -0.4 is 10.1 Å². The Hall–Kier alpha value is -2.48. The molecule has 3 aromatic rings. The van der Waals surface area contributed by atoms with Gasteiger partial charge in [-0.3, -0.25) is 0 Å². The normalized spacial score (nSPS) is 16.7. The third-order valence-corrected chi connectivity index (χ3v) is 4.73. The van der Waals surface area contributed by atoms with Gasteiger partial charge in [0.1, 0.15) is 5.75 Å². The van der Waals surface area contributed by atoms with E-state index in [4.69, 9.17) is 4.74 Å². The van der Waals surface area contributed by atoms with E-state index in [0.717, 1.165) is 24.3 Å². The van der Waals surface area contributed by atoms with E-state index in [0.29, 0.717) is 0 Å². The maximum atomic E-state index is 6.21. The first-order valence-electron chi connectivity index (χ1n) is 8.22. The highest BCUT2D eigenvalue weighted by molar-refractivity contribution is 5.93. The van der Waals surface area contributed by atoms with Crippen molar-refractivity contribution in [2.24, 2.45) is 0 Å². The molecule has 0 fully saturated rings. The molecule has 1 heterocycles. The summed E-state index contributed by atoms with van der Waals surface area (Å²) in [6.45, 7) is 4.30. The zero-order valence-corrected chi connectivity index (χ0v) is 13.6. The van der Waals surface area contributed by atoms with Gasteiger partial charge >= 0.3 is 0 Å². The van der Waals surface area contributed by atoms with E-state index in [2.05, 4.69) is 73.8 Å². The van der Waals surface area contributed by atoms with Crippen LogP contribution >= 0.6 is 0 Å². The van der Waals surface area contributed by atoms with E-state index in [1.54, 1.807) is 0 Å². The Balaban J connectivity index is 1.61. The van der Waals surface area contributed by atoms with Gasteiger partial charge in [-0.15, -0.1) is 0 Å². The fourth-order valence-corrected chi connectivity index (χ4v) is 3.28. The summed E-state index contributed by atoms with van der Waals surface area (Å²) in [5, 5.41) is 6.07. The molecule has 0 saturated heterocycles. The van der Waals surface area contributed by atoms with E-state index in [9.17, 15) is 0 Å². The molecular formula is C21H21NO. The molecular weight excluding hydrogens is 282 g/mol. The molecule has 0 saturated carbocycles. The number of rotatable bonds is 2. The first kappa shape index (κ1) is 14.1. The second kappa shape index (κ2) is 5.62. The van der Waals surface area contributed by atoms with Crippen LogP contribution in [0.15, 0.2) is 54.6 Å². The van der Waals surface area contributed by atoms with Gasteiger partial charge < -0.3 is 10.1 Å². The standard InChI is InChI=1S/C21H21NO/c1-14-12-17-10-11-21(23-20(17)13-15(14)2)22-19-9-5-7-16-6-3-4-8-18(16)19/h3-9,12-13,21-22H,10-11H2,1-2H3. The predicted molar refractivity (Wildman–Crippen MR) is 96.2 cm³/mol. The molecule has 23 heavy (non-hydrogen) atoms. The molecule has 0 amide bonds. The summed E-state index contributed by atoms with van der Waals surface area (Å²) in [5.74, 6) is 1.03. The van der Waals surface area contributed by atoms with Crippen molar-refractivity contribution < 1.29 is 4.74 Å². The van der Waals surface area contributed by atoms with Gasteiger partial charge in [0.2, 0.25) is 0 Å². The van der Waals surface area contributed by atoms with Crippen LogP contribution in [0.2, 0.25) is 0 Å². The van der Waals surface area contributed by atoms with Crippen molar-refractivity contribution in [3.8, 4) is 5.75 Å². The Bertz CT molecular complexity index is 864. The highest BCUT2D eigenvalue weighted by Crippen LogP contribution is 2.32. The number of anilines is 1. The van der Waals surface area contributed by atoms with Crippen LogP contribution in [0.4, 0.5) is 5.69 Å². The molecule has 3 aromatic carbocycles. The molecule has 0 bridgehead atoms. The molecule has 1 aliphatic rings. The molecule has 1 atom stereocenters. The van der Waals surface area contributed by atoms with Crippen LogP contribution in [-0.2, 0) is 6.42 Å². The number of fused-ring (bicyclic) bond motifs is 2. The molecule has 0 radical (unpaired) electrons. The van der Waals surface area contributed by atoms with Gasteiger partial charge in [0, 0.05) is 17.5 Å². The second-order valence-electron chi connectivity index (χ2n) is 6.36. The van der Waals surface area contributed by atoms with Crippen molar-refractivity contribution in [1.82, 2.24) is 0 Å². The fraction of sp³-hybridized carbons (Fsp3) is 0.238. The first-order chi connectivity index (χ1) is 11.2. The third kappa shape index (κ3) is 2.65. The molecule has 0 aliphatic carbocycles. The lowest BCUT2D eigenvalue weighted by Gasteiger charge is -2.28. The average molecular weight is 303 g/mol. The topological polar surface area (TPSA) is 21.3 Å². The van der Waals surface area contributed by atoms with Gasteiger partial charge in [0.25, 0.3) is 0 Å². The van der Waals surface area contributed by atoms with Gasteiger partial charge in [0.15, 0.2) is 6.23 Å². The highest BCUT2D eigenvalue weighted by atomic mass is 16.5. The lowest BCUT2D eigenvalue weighted by atomic mass is 9.99. The van der Waals surface area contributed by atoms with Crippen molar-refractivity contribution in [3.63, 3.8) is 0 Å². The molecule has 4 rings (SSSR count). The minimum atomic E-state index is 0.0235. The SMILES string of the molecule is Cc1cc2c(cc1C)OC(Nc1cccc3ccccc13)CC2. The number of nitrogens with one attached hydrogen (secondary N) is 1. The second-order valence-corrected chi connectivity index (χ2v) is 6.36. The van der Waals surface area contributed by atoms with E-state index in [1.807, 2.05) is 0 Å². The number of ether oxygens (including phenoxy) is 1. The van der Waals surface area contributed by atoms with Crippen molar-refractivity contribution in [2.45, 2.75) is 32.9 Å². The van der Waals surface area contributed by atoms with Crippen molar-refractivity contribution in [3.05, 3.63) is 71.3 Å². The minimum absolute atomic E-state index is 0.0235. The smallest absolute Gasteiger partial charge is 0.170 e. The number of hydrogen-bond acceptors (Lipinski definition) is 2. The molecule has 2 heteroatoms. The third-order valence-electron chi connectivity index (χ3n) is 4.73. The number of aryl methyl sites for hydroxylation is 3. The molecule has 116 valence electrons. The van der Waals surface area contributed by atoms with Crippen LogP contribution in [0.5, 0.6) is 5.75 Å². The van der Waals surface area contributed by atoms with E-state index in [1.165, 1.54) is 27.5 Å². The monoisotopic (exact) mass is 303 g/mol. The zero-order valence-electron chi connectivity index (χ0n) is 13.6. The largest absolute Gasteiger partial charge is 0.470 e. The number of hydrogen-bond donors (Lipinski definition) is 1. The van der Waals surface area contributed by atoms with Gasteiger partial charge in [-0.1, -0.05) is 42.5 Å². The van der Waals surface area contributed by atoms with Gasteiger partial charge in [-0.2, -0.15) is 0 Å². The number of benzene rings is 3. The van der Waals surface area contributed by atoms with Gasteiger partial charge in [-0.05, 0) is 54.5 Å².